The summed E-state index contributed by atoms with van der Waals surface area (Å²) in [7, 11) is 1.82. The summed E-state index contributed by atoms with van der Waals surface area (Å²) in [5.41, 5.74) is 1.86. The lowest BCUT2D eigenvalue weighted by atomic mass is 9.85. The third-order valence-electron chi connectivity index (χ3n) is 6.03. The van der Waals surface area contributed by atoms with Gasteiger partial charge in [-0.2, -0.15) is 0 Å². The fourth-order valence-corrected chi connectivity index (χ4v) is 4.73. The van der Waals surface area contributed by atoms with E-state index in [1.54, 1.807) is 15.9 Å². The Balaban J connectivity index is 1.65. The van der Waals surface area contributed by atoms with Crippen molar-refractivity contribution in [3.8, 4) is 0 Å². The van der Waals surface area contributed by atoms with Gasteiger partial charge in [0, 0.05) is 36.7 Å². The number of nitrogens with one attached hydrogen (secondary N) is 1. The van der Waals surface area contributed by atoms with Crippen molar-refractivity contribution in [3.05, 3.63) is 35.3 Å². The number of amides is 2. The van der Waals surface area contributed by atoms with Crippen LogP contribution < -0.4 is 0 Å². The minimum atomic E-state index is -0.671. The number of likely N-dealkylation sites (N-methyl/N-ethyl adjacent to an activating group) is 1. The molecule has 1 aromatic carbocycles. The number of halogens is 1. The molecule has 2 aliphatic heterocycles. The normalized spacial score (nSPS) is 23.4. The maximum atomic E-state index is 13.7. The third-order valence-corrected chi connectivity index (χ3v) is 6.03. The van der Waals surface area contributed by atoms with Crippen molar-refractivity contribution in [1.82, 2.24) is 14.8 Å². The topological polar surface area (TPSA) is 56.4 Å². The molecule has 1 spiro atoms. The molecule has 1 unspecified atom stereocenters. The second-order valence-corrected chi connectivity index (χ2v) is 7.61. The van der Waals surface area contributed by atoms with E-state index >= 15 is 0 Å². The summed E-state index contributed by atoms with van der Waals surface area (Å²) >= 11 is 0. The molecule has 2 aliphatic rings. The van der Waals surface area contributed by atoms with E-state index in [0.717, 1.165) is 54.4 Å². The van der Waals surface area contributed by atoms with Gasteiger partial charge in [0.2, 0.25) is 11.8 Å². The minimum Gasteiger partial charge on any atom is -0.358 e. The maximum Gasteiger partial charge on any atom is 0.248 e. The predicted octanol–water partition coefficient (Wildman–Crippen LogP) is 2.77. The van der Waals surface area contributed by atoms with E-state index in [0.29, 0.717) is 6.54 Å². The minimum absolute atomic E-state index is 0.0422. The van der Waals surface area contributed by atoms with E-state index in [1.807, 2.05) is 14.0 Å². The number of aromatic nitrogens is 1. The average Bonchev–Trinajstić information content (AvgIpc) is 3.15. The van der Waals surface area contributed by atoms with Crippen molar-refractivity contribution in [1.29, 1.82) is 0 Å². The van der Waals surface area contributed by atoms with Crippen LogP contribution in [0.4, 0.5) is 4.39 Å². The Morgan fingerprint density at radius 3 is 2.77 bits per heavy atom. The van der Waals surface area contributed by atoms with Gasteiger partial charge in [0.05, 0.1) is 6.42 Å². The maximum absolute atomic E-state index is 13.7. The molecule has 0 bridgehead atoms. The third kappa shape index (κ3) is 2.50. The van der Waals surface area contributed by atoms with Crippen LogP contribution >= 0.6 is 0 Å². The highest BCUT2D eigenvalue weighted by Gasteiger charge is 2.51. The molecular formula is C20H24FN3O2. The highest BCUT2D eigenvalue weighted by molar-refractivity contribution is 5.95. The number of aryl methyl sites for hydroxylation is 1. The predicted molar refractivity (Wildman–Crippen MR) is 97.2 cm³/mol. The van der Waals surface area contributed by atoms with E-state index in [1.165, 1.54) is 12.1 Å². The van der Waals surface area contributed by atoms with Gasteiger partial charge in [0.15, 0.2) is 0 Å². The van der Waals surface area contributed by atoms with Gasteiger partial charge in [-0.05, 0) is 56.4 Å². The fraction of sp³-hybridized carbons (Fsp3) is 0.500. The second-order valence-electron chi connectivity index (χ2n) is 7.61. The number of hydrogen-bond acceptors (Lipinski definition) is 2. The van der Waals surface area contributed by atoms with Gasteiger partial charge in [-0.25, -0.2) is 4.39 Å². The standard InChI is InChI=1S/C20H24FN3O2/c1-13-15(16-11-14(21)5-6-17(16)22-13)12-18(25)24-10-4-8-20(24)7-3-9-23(2)19(20)26/h5-6,11,22H,3-4,7-10,12H2,1-2H3. The average molecular weight is 357 g/mol. The fourth-order valence-electron chi connectivity index (χ4n) is 4.73. The van der Waals surface area contributed by atoms with Crippen molar-refractivity contribution < 1.29 is 14.0 Å². The molecule has 3 heterocycles. The van der Waals surface area contributed by atoms with Gasteiger partial charge in [-0.15, -0.1) is 0 Å². The van der Waals surface area contributed by atoms with E-state index in [4.69, 9.17) is 0 Å². The number of aromatic amines is 1. The van der Waals surface area contributed by atoms with Crippen LogP contribution in [0.1, 0.15) is 36.9 Å². The molecule has 1 N–H and O–H groups in total. The summed E-state index contributed by atoms with van der Waals surface area (Å²) in [6, 6.07) is 4.58. The Morgan fingerprint density at radius 1 is 1.27 bits per heavy atom. The van der Waals surface area contributed by atoms with Crippen LogP contribution in [0.25, 0.3) is 10.9 Å². The van der Waals surface area contributed by atoms with Crippen LogP contribution in [0.2, 0.25) is 0 Å². The molecule has 2 aromatic rings. The number of fused-ring (bicyclic) bond motifs is 1. The van der Waals surface area contributed by atoms with Crippen LogP contribution in [0.5, 0.6) is 0 Å². The highest BCUT2D eigenvalue weighted by atomic mass is 19.1. The van der Waals surface area contributed by atoms with E-state index in [-0.39, 0.29) is 24.1 Å². The Kier molecular flexibility index (Phi) is 4.01. The summed E-state index contributed by atoms with van der Waals surface area (Å²) in [4.78, 5) is 32.8. The summed E-state index contributed by atoms with van der Waals surface area (Å²) < 4.78 is 13.7. The first-order valence-electron chi connectivity index (χ1n) is 9.25. The van der Waals surface area contributed by atoms with Crippen LogP contribution in [-0.4, -0.2) is 52.3 Å². The first-order valence-corrected chi connectivity index (χ1v) is 9.25. The van der Waals surface area contributed by atoms with Gasteiger partial charge < -0.3 is 14.8 Å². The lowest BCUT2D eigenvalue weighted by Crippen LogP contribution is -2.60. The van der Waals surface area contributed by atoms with Gasteiger partial charge in [0.1, 0.15) is 11.4 Å². The molecule has 1 aromatic heterocycles. The molecular weight excluding hydrogens is 333 g/mol. The first kappa shape index (κ1) is 17.1. The number of piperidine rings is 1. The van der Waals surface area contributed by atoms with Crippen molar-refractivity contribution in [2.45, 2.75) is 44.6 Å². The number of benzene rings is 1. The van der Waals surface area contributed by atoms with Crippen molar-refractivity contribution in [2.75, 3.05) is 20.1 Å². The molecule has 2 amide bonds. The molecule has 2 fully saturated rings. The number of likely N-dealkylation sites (tertiary alicyclic amines) is 2. The van der Waals surface area contributed by atoms with E-state index in [9.17, 15) is 14.0 Å². The molecule has 2 saturated heterocycles. The second kappa shape index (κ2) is 6.11. The summed E-state index contributed by atoms with van der Waals surface area (Å²) in [5.74, 6) is -0.289. The zero-order chi connectivity index (χ0) is 18.5. The SMILES string of the molecule is Cc1[nH]c2ccc(F)cc2c1CC(=O)N1CCCC12CCCN(C)C2=O. The highest BCUT2D eigenvalue weighted by Crippen LogP contribution is 2.38. The number of hydrogen-bond donors (Lipinski definition) is 1. The quantitative estimate of drug-likeness (QED) is 0.899. The zero-order valence-corrected chi connectivity index (χ0v) is 15.3. The molecule has 5 nitrogen and oxygen atoms in total. The van der Waals surface area contributed by atoms with Gasteiger partial charge >= 0.3 is 0 Å². The Bertz CT molecular complexity index is 891. The first-order chi connectivity index (χ1) is 12.4. The molecule has 1 atom stereocenters. The zero-order valence-electron chi connectivity index (χ0n) is 15.3. The number of H-pyrrole nitrogens is 1. The van der Waals surface area contributed by atoms with Crippen LogP contribution in [0.15, 0.2) is 18.2 Å². The number of carbonyl (C=O) groups is 2. The van der Waals surface area contributed by atoms with Gasteiger partial charge in [0.25, 0.3) is 0 Å². The van der Waals surface area contributed by atoms with Crippen LogP contribution in [0.3, 0.4) is 0 Å². The van der Waals surface area contributed by atoms with Gasteiger partial charge in [-0.3, -0.25) is 9.59 Å². The summed E-state index contributed by atoms with van der Waals surface area (Å²) in [6.45, 7) is 3.28. The summed E-state index contributed by atoms with van der Waals surface area (Å²) in [6.07, 6.45) is 3.44. The van der Waals surface area contributed by atoms with Crippen molar-refractivity contribution in [3.63, 3.8) is 0 Å². The molecule has 26 heavy (non-hydrogen) atoms. The van der Waals surface area contributed by atoms with Crippen LogP contribution in [0, 0.1) is 12.7 Å². The van der Waals surface area contributed by atoms with E-state index in [2.05, 4.69) is 4.98 Å². The van der Waals surface area contributed by atoms with Crippen LogP contribution in [-0.2, 0) is 16.0 Å². The summed E-state index contributed by atoms with van der Waals surface area (Å²) in [5, 5.41) is 0.746. The van der Waals surface area contributed by atoms with Crippen molar-refractivity contribution >= 4 is 22.7 Å². The Hall–Kier alpha value is -2.37. The van der Waals surface area contributed by atoms with Gasteiger partial charge in [-0.1, -0.05) is 0 Å². The molecule has 0 aliphatic carbocycles. The lowest BCUT2D eigenvalue weighted by molar-refractivity contribution is -0.153. The number of rotatable bonds is 2. The largest absolute Gasteiger partial charge is 0.358 e. The molecule has 138 valence electrons. The molecule has 0 saturated carbocycles. The molecule has 0 radical (unpaired) electrons. The number of nitrogens with zero attached hydrogens (tertiary/aromatic N) is 2. The number of carbonyl (C=O) groups excluding carboxylic acids is 2. The Morgan fingerprint density at radius 2 is 2.00 bits per heavy atom. The monoisotopic (exact) mass is 357 g/mol. The van der Waals surface area contributed by atoms with Crippen molar-refractivity contribution in [2.24, 2.45) is 0 Å². The molecule has 6 heteroatoms. The Labute approximate surface area is 152 Å². The van der Waals surface area contributed by atoms with E-state index < -0.39 is 5.54 Å². The smallest absolute Gasteiger partial charge is 0.248 e. The molecule has 4 rings (SSSR count). The lowest BCUT2D eigenvalue weighted by Gasteiger charge is -2.43.